The number of fused-ring (bicyclic) bond motifs is 1. The van der Waals surface area contributed by atoms with Crippen LogP contribution >= 0.6 is 11.3 Å². The molecule has 1 amide bonds. The Labute approximate surface area is 169 Å². The normalized spacial score (nSPS) is 11.0. The Kier molecular flexibility index (Phi) is 4.81. The number of hydrogen-bond donors (Lipinski definition) is 2. The minimum absolute atomic E-state index is 0.213. The number of rotatable bonds is 4. The van der Waals surface area contributed by atoms with Crippen LogP contribution in [-0.2, 0) is 6.54 Å². The molecule has 29 heavy (non-hydrogen) atoms. The molecule has 8 nitrogen and oxygen atoms in total. The average Bonchev–Trinajstić information content (AvgIpc) is 3.17. The minimum atomic E-state index is -0.735. The van der Waals surface area contributed by atoms with E-state index in [4.69, 9.17) is 0 Å². The third-order valence-electron chi connectivity index (χ3n) is 4.55. The first-order chi connectivity index (χ1) is 14.0. The molecule has 0 radical (unpaired) electrons. The maximum Gasteiger partial charge on any atom is 0.267 e. The van der Waals surface area contributed by atoms with Crippen molar-refractivity contribution in [1.29, 1.82) is 0 Å². The SMILES string of the molecule is CCn1c(=O)c(C(=O)Nc2nnc(-c3ncccc3C)s2)c(O)c2ccccc21. The Balaban J connectivity index is 1.72. The molecule has 0 aliphatic rings. The van der Waals surface area contributed by atoms with Crippen molar-refractivity contribution in [3.8, 4) is 16.5 Å². The second-order valence-electron chi connectivity index (χ2n) is 6.33. The number of anilines is 1. The third kappa shape index (κ3) is 3.25. The van der Waals surface area contributed by atoms with Crippen molar-refractivity contribution in [2.75, 3.05) is 5.32 Å². The van der Waals surface area contributed by atoms with Crippen molar-refractivity contribution < 1.29 is 9.90 Å². The van der Waals surface area contributed by atoms with Crippen molar-refractivity contribution in [2.24, 2.45) is 0 Å². The fourth-order valence-electron chi connectivity index (χ4n) is 3.15. The molecule has 0 saturated carbocycles. The smallest absolute Gasteiger partial charge is 0.267 e. The molecule has 0 aliphatic heterocycles. The minimum Gasteiger partial charge on any atom is -0.506 e. The van der Waals surface area contributed by atoms with Crippen molar-refractivity contribution in [1.82, 2.24) is 19.7 Å². The van der Waals surface area contributed by atoms with Gasteiger partial charge in [-0.3, -0.25) is 19.9 Å². The summed E-state index contributed by atoms with van der Waals surface area (Å²) in [6.07, 6.45) is 1.66. The zero-order valence-corrected chi connectivity index (χ0v) is 16.5. The number of amides is 1. The largest absolute Gasteiger partial charge is 0.506 e. The number of pyridine rings is 2. The van der Waals surface area contributed by atoms with Crippen LogP contribution in [0.4, 0.5) is 5.13 Å². The number of nitrogens with zero attached hydrogens (tertiary/aromatic N) is 4. The predicted molar refractivity (Wildman–Crippen MR) is 111 cm³/mol. The molecule has 0 spiro atoms. The van der Waals surface area contributed by atoms with E-state index in [0.717, 1.165) is 16.9 Å². The number of aryl methyl sites for hydroxylation is 2. The first kappa shape index (κ1) is 18.8. The van der Waals surface area contributed by atoms with Gasteiger partial charge in [-0.1, -0.05) is 29.5 Å². The number of aromatic hydroxyl groups is 1. The molecule has 0 saturated heterocycles. The second-order valence-corrected chi connectivity index (χ2v) is 7.30. The topological polar surface area (TPSA) is 110 Å². The number of aromatic nitrogens is 4. The van der Waals surface area contributed by atoms with Crippen molar-refractivity contribution in [3.63, 3.8) is 0 Å². The maximum absolute atomic E-state index is 12.8. The molecule has 9 heteroatoms. The monoisotopic (exact) mass is 407 g/mol. The number of para-hydroxylation sites is 1. The number of carbonyl (C=O) groups is 1. The van der Waals surface area contributed by atoms with Crippen LogP contribution in [0.15, 0.2) is 47.4 Å². The zero-order chi connectivity index (χ0) is 20.5. The molecule has 146 valence electrons. The summed E-state index contributed by atoms with van der Waals surface area (Å²) < 4.78 is 1.45. The molecule has 0 atom stereocenters. The molecule has 1 aromatic carbocycles. The molecule has 0 bridgehead atoms. The standard InChI is InChI=1S/C20H17N5O3S/c1-3-25-13-9-5-4-8-12(13)16(26)14(19(25)28)17(27)22-20-24-23-18(29-20)15-11(2)7-6-10-21-15/h4-10,26H,3H2,1-2H3,(H,22,24,27). The van der Waals surface area contributed by atoms with Gasteiger partial charge >= 0.3 is 0 Å². The Morgan fingerprint density at radius 3 is 2.76 bits per heavy atom. The molecule has 4 aromatic rings. The van der Waals surface area contributed by atoms with Crippen molar-refractivity contribution in [3.05, 3.63) is 64.1 Å². The van der Waals surface area contributed by atoms with E-state index in [9.17, 15) is 14.7 Å². The van der Waals surface area contributed by atoms with Gasteiger partial charge in [0.1, 0.15) is 17.0 Å². The molecule has 0 fully saturated rings. The van der Waals surface area contributed by atoms with E-state index in [1.165, 1.54) is 4.57 Å². The van der Waals surface area contributed by atoms with Crippen LogP contribution in [0.25, 0.3) is 21.6 Å². The Morgan fingerprint density at radius 1 is 1.21 bits per heavy atom. The fraction of sp³-hybridized carbons (Fsp3) is 0.150. The highest BCUT2D eigenvalue weighted by Gasteiger charge is 2.23. The highest BCUT2D eigenvalue weighted by molar-refractivity contribution is 7.18. The summed E-state index contributed by atoms with van der Waals surface area (Å²) in [5, 5.41) is 22.4. The van der Waals surface area contributed by atoms with E-state index in [0.29, 0.717) is 28.1 Å². The number of benzene rings is 1. The summed E-state index contributed by atoms with van der Waals surface area (Å²) in [5.74, 6) is -1.08. The first-order valence-corrected chi connectivity index (χ1v) is 9.74. The van der Waals surface area contributed by atoms with E-state index in [1.807, 2.05) is 19.1 Å². The van der Waals surface area contributed by atoms with Gasteiger partial charge in [0, 0.05) is 18.1 Å². The zero-order valence-electron chi connectivity index (χ0n) is 15.7. The van der Waals surface area contributed by atoms with E-state index in [-0.39, 0.29) is 16.4 Å². The van der Waals surface area contributed by atoms with Crippen LogP contribution < -0.4 is 10.9 Å². The third-order valence-corrected chi connectivity index (χ3v) is 5.39. The second kappa shape index (κ2) is 7.44. The van der Waals surface area contributed by atoms with Gasteiger partial charge in [0.15, 0.2) is 5.01 Å². The van der Waals surface area contributed by atoms with Crippen LogP contribution in [0.2, 0.25) is 0 Å². The molecule has 4 rings (SSSR count). The van der Waals surface area contributed by atoms with E-state index in [2.05, 4.69) is 20.5 Å². The number of nitrogens with one attached hydrogen (secondary N) is 1. The molecule has 3 aromatic heterocycles. The lowest BCUT2D eigenvalue weighted by Crippen LogP contribution is -2.29. The fourth-order valence-corrected chi connectivity index (χ4v) is 3.95. The van der Waals surface area contributed by atoms with Gasteiger partial charge in [-0.05, 0) is 37.6 Å². The predicted octanol–water partition coefficient (Wildman–Crippen LogP) is 3.20. The quantitative estimate of drug-likeness (QED) is 0.538. The molecular formula is C20H17N5O3S. The molecule has 3 heterocycles. The van der Waals surface area contributed by atoms with Crippen LogP contribution in [0.3, 0.4) is 0 Å². The van der Waals surface area contributed by atoms with E-state index >= 15 is 0 Å². The molecule has 0 aliphatic carbocycles. The average molecular weight is 407 g/mol. The lowest BCUT2D eigenvalue weighted by Gasteiger charge is -2.12. The summed E-state index contributed by atoms with van der Waals surface area (Å²) in [6, 6.07) is 10.6. The summed E-state index contributed by atoms with van der Waals surface area (Å²) in [6.45, 7) is 4.07. The van der Waals surface area contributed by atoms with Gasteiger partial charge in [-0.15, -0.1) is 10.2 Å². The summed E-state index contributed by atoms with van der Waals surface area (Å²) in [5.41, 5.74) is 1.28. The molecular weight excluding hydrogens is 390 g/mol. The van der Waals surface area contributed by atoms with Gasteiger partial charge < -0.3 is 9.67 Å². The Hall–Kier alpha value is -3.59. The first-order valence-electron chi connectivity index (χ1n) is 8.92. The number of carbonyl (C=O) groups excluding carboxylic acids is 1. The number of hydrogen-bond acceptors (Lipinski definition) is 7. The van der Waals surface area contributed by atoms with Gasteiger partial charge in [-0.2, -0.15) is 0 Å². The van der Waals surface area contributed by atoms with Crippen LogP contribution in [0, 0.1) is 6.92 Å². The lowest BCUT2D eigenvalue weighted by atomic mass is 10.1. The van der Waals surface area contributed by atoms with Crippen LogP contribution in [0.5, 0.6) is 5.75 Å². The van der Waals surface area contributed by atoms with Crippen molar-refractivity contribution >= 4 is 33.3 Å². The van der Waals surface area contributed by atoms with Crippen molar-refractivity contribution in [2.45, 2.75) is 20.4 Å². The lowest BCUT2D eigenvalue weighted by molar-refractivity contribution is 0.102. The highest BCUT2D eigenvalue weighted by atomic mass is 32.1. The van der Waals surface area contributed by atoms with Gasteiger partial charge in [-0.25, -0.2) is 0 Å². The van der Waals surface area contributed by atoms with Gasteiger partial charge in [0.25, 0.3) is 11.5 Å². The van der Waals surface area contributed by atoms with Gasteiger partial charge in [0.05, 0.1) is 5.52 Å². The molecule has 0 unspecified atom stereocenters. The summed E-state index contributed by atoms with van der Waals surface area (Å²) >= 11 is 1.14. The van der Waals surface area contributed by atoms with E-state index in [1.54, 1.807) is 37.4 Å². The Morgan fingerprint density at radius 2 is 2.00 bits per heavy atom. The maximum atomic E-state index is 12.8. The van der Waals surface area contributed by atoms with Crippen LogP contribution in [-0.4, -0.2) is 30.8 Å². The van der Waals surface area contributed by atoms with Crippen LogP contribution in [0.1, 0.15) is 22.8 Å². The molecule has 2 N–H and O–H groups in total. The Bertz CT molecular complexity index is 1300. The van der Waals surface area contributed by atoms with Gasteiger partial charge in [0.2, 0.25) is 5.13 Å². The summed E-state index contributed by atoms with van der Waals surface area (Å²) in [4.78, 5) is 29.9. The highest BCUT2D eigenvalue weighted by Crippen LogP contribution is 2.29. The summed E-state index contributed by atoms with van der Waals surface area (Å²) in [7, 11) is 0. The van der Waals surface area contributed by atoms with E-state index < -0.39 is 11.5 Å².